The smallest absolute Gasteiger partial charge is 0.232 e. The third-order valence-corrected chi connectivity index (χ3v) is 10.6. The Bertz CT molecular complexity index is 2330. The number of rotatable bonds is 10. The monoisotopic (exact) mass is 764 g/mol. The average Bonchev–Trinajstić information content (AvgIpc) is 3.27. The molecule has 2 aromatic carbocycles. The minimum atomic E-state index is 0.480. The first kappa shape index (κ1) is 35.9. The van der Waals surface area contributed by atoms with Gasteiger partial charge in [-0.3, -0.25) is 0 Å². The molecule has 9 rings (SSSR count). The van der Waals surface area contributed by atoms with Crippen LogP contribution in [0.1, 0.15) is 22.3 Å². The largest absolute Gasteiger partial charge is 0.383 e. The summed E-state index contributed by atoms with van der Waals surface area (Å²) in [6.45, 7) is 7.72. The molecule has 6 aromatic rings. The van der Waals surface area contributed by atoms with E-state index in [9.17, 15) is 0 Å². The Morgan fingerprint density at radius 1 is 0.667 bits per heavy atom. The highest BCUT2D eigenvalue weighted by molar-refractivity contribution is 5.82. The average molecular weight is 765 g/mol. The standard InChI is InChI=1S/C39H44N18/c1-41-34-46-24-48-38(52-34)56-16-14-55(15-17-56)37-45-23-30(33(40)51-37)19-26-4-2-5-28(18-26)31-20-27-6-9-42-22-29(27)21-32(31)50-35-47-25-49-39(53-35)57-12-10-54(11-13-57)36-43-7-3-8-44-36/h2-5,7-8,18,20-21,23-25,42H,6,9-17,19,22H2,1H3,(H2,40,45,51)(H,41,46,48,52)(H,47,49,50,53). The normalized spacial score (nSPS) is 15.7. The maximum atomic E-state index is 6.59. The molecule has 2 saturated heterocycles. The maximum Gasteiger partial charge on any atom is 0.232 e. The summed E-state index contributed by atoms with van der Waals surface area (Å²) in [7, 11) is 1.79. The lowest BCUT2D eigenvalue weighted by Gasteiger charge is -2.34. The van der Waals surface area contributed by atoms with Gasteiger partial charge in [0.25, 0.3) is 0 Å². The van der Waals surface area contributed by atoms with Crippen molar-refractivity contribution in [3.05, 3.63) is 96.0 Å². The first-order valence-corrected chi connectivity index (χ1v) is 19.2. The highest BCUT2D eigenvalue weighted by Crippen LogP contribution is 2.35. The Hall–Kier alpha value is -6.82. The van der Waals surface area contributed by atoms with Gasteiger partial charge >= 0.3 is 0 Å². The van der Waals surface area contributed by atoms with Crippen molar-refractivity contribution >= 4 is 47.2 Å². The third kappa shape index (κ3) is 7.97. The summed E-state index contributed by atoms with van der Waals surface area (Å²) in [6.07, 6.45) is 10.1. The van der Waals surface area contributed by atoms with Crippen LogP contribution in [0.2, 0.25) is 0 Å². The SMILES string of the molecule is CNc1ncnc(N2CCN(c3ncc(Cc4cccc(-c5cc6c(cc5Nc5ncnc(N7CCN(c8ncccn8)CC7)n5)CNCC6)c4)c(N)n3)CC2)n1. The molecular formula is C39H44N18. The number of benzene rings is 2. The molecule has 3 aliphatic rings. The Balaban J connectivity index is 0.902. The second-order valence-electron chi connectivity index (χ2n) is 14.1. The number of aromatic nitrogens is 10. The van der Waals surface area contributed by atoms with E-state index in [2.05, 4.69) is 107 Å². The second-order valence-corrected chi connectivity index (χ2v) is 14.1. The van der Waals surface area contributed by atoms with E-state index < -0.39 is 0 Å². The Kier molecular flexibility index (Phi) is 10.1. The lowest BCUT2D eigenvalue weighted by atomic mass is 9.92. The Labute approximate surface area is 330 Å². The minimum Gasteiger partial charge on any atom is -0.383 e. The van der Waals surface area contributed by atoms with Crippen LogP contribution in [-0.2, 0) is 19.4 Å². The lowest BCUT2D eigenvalue weighted by Crippen LogP contribution is -2.47. The first-order valence-electron chi connectivity index (χ1n) is 19.2. The van der Waals surface area contributed by atoms with Gasteiger partial charge in [-0.2, -0.15) is 15.0 Å². The number of nitrogens with two attached hydrogens (primary N) is 1. The number of nitrogens with one attached hydrogen (secondary N) is 3. The fraction of sp³-hybridized carbons (Fsp3) is 0.333. The van der Waals surface area contributed by atoms with Crippen LogP contribution in [-0.4, -0.2) is 116 Å². The molecule has 5 N–H and O–H groups in total. The predicted molar refractivity (Wildman–Crippen MR) is 220 cm³/mol. The lowest BCUT2D eigenvalue weighted by molar-refractivity contribution is 0.627. The van der Waals surface area contributed by atoms with Gasteiger partial charge < -0.3 is 41.3 Å². The van der Waals surface area contributed by atoms with Crippen molar-refractivity contribution in [2.75, 3.05) is 102 Å². The van der Waals surface area contributed by atoms with E-state index in [0.717, 1.165) is 106 Å². The van der Waals surface area contributed by atoms with E-state index in [1.54, 1.807) is 25.8 Å². The van der Waals surface area contributed by atoms with Crippen LogP contribution in [0.15, 0.2) is 73.7 Å². The fourth-order valence-corrected chi connectivity index (χ4v) is 7.49. The number of fused-ring (bicyclic) bond motifs is 1. The van der Waals surface area contributed by atoms with Crippen LogP contribution >= 0.6 is 0 Å². The molecule has 0 spiro atoms. The van der Waals surface area contributed by atoms with Crippen LogP contribution in [0.3, 0.4) is 0 Å². The summed E-state index contributed by atoms with van der Waals surface area (Å²) >= 11 is 0. The molecular weight excluding hydrogens is 721 g/mol. The molecule has 57 heavy (non-hydrogen) atoms. The Morgan fingerprint density at radius 2 is 1.32 bits per heavy atom. The molecule has 4 aromatic heterocycles. The molecule has 0 amide bonds. The van der Waals surface area contributed by atoms with E-state index in [1.807, 2.05) is 12.3 Å². The topological polar surface area (TPSA) is 204 Å². The van der Waals surface area contributed by atoms with Crippen LogP contribution in [0.5, 0.6) is 0 Å². The number of hydrogen-bond acceptors (Lipinski definition) is 18. The van der Waals surface area contributed by atoms with Crippen molar-refractivity contribution in [3.8, 4) is 11.1 Å². The van der Waals surface area contributed by atoms with Gasteiger partial charge in [-0.25, -0.2) is 34.9 Å². The zero-order chi connectivity index (χ0) is 38.6. The molecule has 2 fully saturated rings. The first-order chi connectivity index (χ1) is 28.1. The number of nitrogen functional groups attached to an aromatic ring is 1. The number of hydrogen-bond donors (Lipinski definition) is 4. The molecule has 0 saturated carbocycles. The summed E-state index contributed by atoms with van der Waals surface area (Å²) in [5.41, 5.74) is 14.3. The molecule has 0 aliphatic carbocycles. The molecule has 3 aliphatic heterocycles. The Morgan fingerprint density at radius 3 is 2.00 bits per heavy atom. The second kappa shape index (κ2) is 16.1. The van der Waals surface area contributed by atoms with Crippen molar-refractivity contribution in [2.45, 2.75) is 19.4 Å². The van der Waals surface area contributed by atoms with Gasteiger partial charge in [-0.1, -0.05) is 24.3 Å². The molecule has 18 heteroatoms. The van der Waals surface area contributed by atoms with Crippen LogP contribution in [0, 0.1) is 0 Å². The number of anilines is 8. The van der Waals surface area contributed by atoms with E-state index in [-0.39, 0.29) is 0 Å². The zero-order valence-electron chi connectivity index (χ0n) is 31.8. The summed E-state index contributed by atoms with van der Waals surface area (Å²) in [6, 6.07) is 14.9. The number of piperazine rings is 2. The van der Waals surface area contributed by atoms with E-state index in [1.165, 1.54) is 17.5 Å². The maximum absolute atomic E-state index is 6.59. The summed E-state index contributed by atoms with van der Waals surface area (Å²) in [4.78, 5) is 53.8. The van der Waals surface area contributed by atoms with Gasteiger partial charge in [0.15, 0.2) is 0 Å². The zero-order valence-corrected chi connectivity index (χ0v) is 31.8. The quantitative estimate of drug-likeness (QED) is 0.158. The van der Waals surface area contributed by atoms with Crippen molar-refractivity contribution in [3.63, 3.8) is 0 Å². The molecule has 0 atom stereocenters. The van der Waals surface area contributed by atoms with Crippen LogP contribution < -0.4 is 41.3 Å². The molecule has 0 radical (unpaired) electrons. The van der Waals surface area contributed by atoms with Gasteiger partial charge in [-0.15, -0.1) is 0 Å². The summed E-state index contributed by atoms with van der Waals surface area (Å²) < 4.78 is 0. The summed E-state index contributed by atoms with van der Waals surface area (Å²) in [5, 5.41) is 10.0. The highest BCUT2D eigenvalue weighted by Gasteiger charge is 2.24. The van der Waals surface area contributed by atoms with E-state index >= 15 is 0 Å². The highest BCUT2D eigenvalue weighted by atomic mass is 15.4. The third-order valence-electron chi connectivity index (χ3n) is 10.6. The van der Waals surface area contributed by atoms with Gasteiger partial charge in [-0.05, 0) is 53.4 Å². The molecule has 7 heterocycles. The van der Waals surface area contributed by atoms with Gasteiger partial charge in [0.2, 0.25) is 35.7 Å². The van der Waals surface area contributed by atoms with Crippen LogP contribution in [0.25, 0.3) is 11.1 Å². The molecule has 18 nitrogen and oxygen atoms in total. The van der Waals surface area contributed by atoms with E-state index in [0.29, 0.717) is 42.0 Å². The van der Waals surface area contributed by atoms with Crippen molar-refractivity contribution < 1.29 is 0 Å². The predicted octanol–water partition coefficient (Wildman–Crippen LogP) is 2.56. The van der Waals surface area contributed by atoms with Crippen molar-refractivity contribution in [1.29, 1.82) is 0 Å². The number of nitrogens with zero attached hydrogens (tertiary/aromatic N) is 14. The van der Waals surface area contributed by atoms with E-state index in [4.69, 9.17) is 20.7 Å². The van der Waals surface area contributed by atoms with Gasteiger partial charge in [0.1, 0.15) is 18.5 Å². The molecule has 0 bridgehead atoms. The van der Waals surface area contributed by atoms with Crippen molar-refractivity contribution in [1.82, 2.24) is 55.2 Å². The fourth-order valence-electron chi connectivity index (χ4n) is 7.49. The van der Waals surface area contributed by atoms with Gasteiger partial charge in [0.05, 0.1) is 0 Å². The van der Waals surface area contributed by atoms with Gasteiger partial charge in [0, 0.05) is 108 Å². The summed E-state index contributed by atoms with van der Waals surface area (Å²) in [5.74, 6) is 4.19. The molecule has 0 unspecified atom stereocenters. The molecule has 290 valence electrons. The minimum absolute atomic E-state index is 0.480. The van der Waals surface area contributed by atoms with Crippen LogP contribution in [0.4, 0.5) is 47.2 Å². The van der Waals surface area contributed by atoms with Crippen molar-refractivity contribution in [2.24, 2.45) is 0 Å².